The summed E-state index contributed by atoms with van der Waals surface area (Å²) in [6.07, 6.45) is 3.26. The van der Waals surface area contributed by atoms with E-state index in [9.17, 15) is 9.59 Å². The van der Waals surface area contributed by atoms with Crippen LogP contribution in [0.2, 0.25) is 0 Å². The molecular formula is C16H22N2O3. The topological polar surface area (TPSA) is 72.6 Å². The predicted octanol–water partition coefficient (Wildman–Crippen LogP) is 1.95. The van der Waals surface area contributed by atoms with E-state index >= 15 is 0 Å². The maximum Gasteiger partial charge on any atom is 0.260 e. The molecule has 2 rings (SSSR count). The zero-order valence-electron chi connectivity index (χ0n) is 12.5. The third-order valence-electron chi connectivity index (χ3n) is 3.98. The standard InChI is InChI=1S/C16H22N2O3/c1-11-4-3-5-12(2)18(11)15(19)10-21-14-8-6-13(7-9-14)16(17)20/h6-9,11-12H,3-5,10H2,1-2H3,(H2,17,20)/t11-,12-/m0/s1. The molecule has 5 heteroatoms. The number of hydrogen-bond donors (Lipinski definition) is 1. The largest absolute Gasteiger partial charge is 0.484 e. The number of amides is 2. The van der Waals surface area contributed by atoms with Crippen LogP contribution in [0.5, 0.6) is 5.75 Å². The van der Waals surface area contributed by atoms with Gasteiger partial charge in [0.05, 0.1) is 0 Å². The molecule has 0 unspecified atom stereocenters. The van der Waals surface area contributed by atoms with Crippen LogP contribution in [-0.4, -0.2) is 35.4 Å². The van der Waals surface area contributed by atoms with Crippen molar-refractivity contribution in [3.05, 3.63) is 29.8 Å². The van der Waals surface area contributed by atoms with Crippen LogP contribution >= 0.6 is 0 Å². The summed E-state index contributed by atoms with van der Waals surface area (Å²) < 4.78 is 5.51. The Hall–Kier alpha value is -2.04. The lowest BCUT2D eigenvalue weighted by Gasteiger charge is -2.38. The Kier molecular flexibility index (Phi) is 4.83. The minimum Gasteiger partial charge on any atom is -0.484 e. The van der Waals surface area contributed by atoms with Gasteiger partial charge in [-0.15, -0.1) is 0 Å². The number of benzene rings is 1. The zero-order chi connectivity index (χ0) is 15.4. The van der Waals surface area contributed by atoms with Gasteiger partial charge in [-0.3, -0.25) is 9.59 Å². The van der Waals surface area contributed by atoms with Crippen LogP contribution in [-0.2, 0) is 4.79 Å². The molecule has 2 N–H and O–H groups in total. The number of nitrogens with two attached hydrogens (primary N) is 1. The molecule has 1 aliphatic heterocycles. The van der Waals surface area contributed by atoms with Crippen molar-refractivity contribution in [3.63, 3.8) is 0 Å². The van der Waals surface area contributed by atoms with Crippen LogP contribution in [0, 0.1) is 0 Å². The van der Waals surface area contributed by atoms with E-state index in [1.165, 1.54) is 6.42 Å². The maximum atomic E-state index is 12.3. The van der Waals surface area contributed by atoms with E-state index in [4.69, 9.17) is 10.5 Å². The van der Waals surface area contributed by atoms with Crippen molar-refractivity contribution >= 4 is 11.8 Å². The van der Waals surface area contributed by atoms with Gasteiger partial charge < -0.3 is 15.4 Å². The van der Waals surface area contributed by atoms with Crippen molar-refractivity contribution in [1.82, 2.24) is 4.90 Å². The second-order valence-corrected chi connectivity index (χ2v) is 5.61. The first kappa shape index (κ1) is 15.4. The summed E-state index contributed by atoms with van der Waals surface area (Å²) in [4.78, 5) is 25.2. The third-order valence-corrected chi connectivity index (χ3v) is 3.98. The molecule has 1 heterocycles. The van der Waals surface area contributed by atoms with Gasteiger partial charge in [0.15, 0.2) is 6.61 Å². The van der Waals surface area contributed by atoms with Gasteiger partial charge in [-0.2, -0.15) is 0 Å². The van der Waals surface area contributed by atoms with Crippen molar-refractivity contribution in [2.75, 3.05) is 6.61 Å². The van der Waals surface area contributed by atoms with E-state index < -0.39 is 5.91 Å². The van der Waals surface area contributed by atoms with Gasteiger partial charge in [-0.1, -0.05) is 0 Å². The van der Waals surface area contributed by atoms with Crippen LogP contribution in [0.4, 0.5) is 0 Å². The highest BCUT2D eigenvalue weighted by Gasteiger charge is 2.28. The number of carbonyl (C=O) groups is 2. The van der Waals surface area contributed by atoms with Gasteiger partial charge in [-0.25, -0.2) is 0 Å². The van der Waals surface area contributed by atoms with Gasteiger partial charge in [0, 0.05) is 17.6 Å². The molecule has 21 heavy (non-hydrogen) atoms. The van der Waals surface area contributed by atoms with Gasteiger partial charge >= 0.3 is 0 Å². The minimum absolute atomic E-state index is 0.00803. The Labute approximate surface area is 125 Å². The average molecular weight is 290 g/mol. The van der Waals surface area contributed by atoms with Crippen molar-refractivity contribution in [2.24, 2.45) is 5.73 Å². The van der Waals surface area contributed by atoms with E-state index in [2.05, 4.69) is 13.8 Å². The molecule has 114 valence electrons. The number of ether oxygens (including phenoxy) is 1. The molecule has 0 aromatic heterocycles. The lowest BCUT2D eigenvalue weighted by atomic mass is 9.97. The SMILES string of the molecule is C[C@H]1CCC[C@H](C)N1C(=O)COc1ccc(C(N)=O)cc1. The first-order valence-corrected chi connectivity index (χ1v) is 7.33. The first-order valence-electron chi connectivity index (χ1n) is 7.33. The fraction of sp³-hybridized carbons (Fsp3) is 0.500. The number of primary amides is 1. The molecule has 1 aromatic carbocycles. The Morgan fingerprint density at radius 2 is 1.76 bits per heavy atom. The minimum atomic E-state index is -0.478. The second-order valence-electron chi connectivity index (χ2n) is 5.61. The Balaban J connectivity index is 1.92. The normalized spacial score (nSPS) is 21.9. The summed E-state index contributed by atoms with van der Waals surface area (Å²) in [5.74, 6) is 0.0907. The van der Waals surface area contributed by atoms with Crippen LogP contribution in [0.1, 0.15) is 43.5 Å². The molecule has 0 saturated carbocycles. The van der Waals surface area contributed by atoms with E-state index in [1.54, 1.807) is 24.3 Å². The summed E-state index contributed by atoms with van der Waals surface area (Å²) in [5.41, 5.74) is 5.60. The number of nitrogens with zero attached hydrogens (tertiary/aromatic N) is 1. The molecule has 1 fully saturated rings. The van der Waals surface area contributed by atoms with Gasteiger partial charge in [0.2, 0.25) is 5.91 Å². The lowest BCUT2D eigenvalue weighted by molar-refractivity contribution is -0.139. The van der Waals surface area contributed by atoms with Crippen molar-refractivity contribution in [1.29, 1.82) is 0 Å². The number of piperidine rings is 1. The molecule has 0 aliphatic carbocycles. The molecule has 2 atom stereocenters. The smallest absolute Gasteiger partial charge is 0.260 e. The average Bonchev–Trinajstić information content (AvgIpc) is 2.45. The van der Waals surface area contributed by atoms with Gasteiger partial charge in [0.25, 0.3) is 5.91 Å². The van der Waals surface area contributed by atoms with Crippen molar-refractivity contribution in [3.8, 4) is 5.75 Å². The van der Waals surface area contributed by atoms with Crippen LogP contribution in [0.25, 0.3) is 0 Å². The lowest BCUT2D eigenvalue weighted by Crippen LogP contribution is -2.49. The molecular weight excluding hydrogens is 268 g/mol. The number of likely N-dealkylation sites (tertiary alicyclic amines) is 1. The first-order chi connectivity index (χ1) is 9.99. The van der Waals surface area contributed by atoms with E-state index in [0.29, 0.717) is 11.3 Å². The van der Waals surface area contributed by atoms with E-state index in [1.807, 2.05) is 4.90 Å². The number of carbonyl (C=O) groups excluding carboxylic acids is 2. The molecule has 1 saturated heterocycles. The fourth-order valence-electron chi connectivity index (χ4n) is 2.85. The highest BCUT2D eigenvalue weighted by Crippen LogP contribution is 2.22. The highest BCUT2D eigenvalue weighted by atomic mass is 16.5. The fourth-order valence-corrected chi connectivity index (χ4v) is 2.85. The summed E-state index contributed by atoms with van der Waals surface area (Å²) in [5, 5.41) is 0. The predicted molar refractivity (Wildman–Crippen MR) is 80.1 cm³/mol. The van der Waals surface area contributed by atoms with E-state index in [-0.39, 0.29) is 24.6 Å². The summed E-state index contributed by atoms with van der Waals surface area (Å²) in [7, 11) is 0. The number of rotatable bonds is 4. The molecule has 1 aliphatic rings. The molecule has 0 radical (unpaired) electrons. The van der Waals surface area contributed by atoms with Gasteiger partial charge in [0.1, 0.15) is 5.75 Å². The quantitative estimate of drug-likeness (QED) is 0.921. The van der Waals surface area contributed by atoms with Crippen molar-refractivity contribution < 1.29 is 14.3 Å². The van der Waals surface area contributed by atoms with Crippen LogP contribution in [0.15, 0.2) is 24.3 Å². The molecule has 0 spiro atoms. The van der Waals surface area contributed by atoms with E-state index in [0.717, 1.165) is 12.8 Å². The van der Waals surface area contributed by atoms with Gasteiger partial charge in [-0.05, 0) is 57.4 Å². The van der Waals surface area contributed by atoms with Crippen LogP contribution in [0.3, 0.4) is 0 Å². The summed E-state index contributed by atoms with van der Waals surface area (Å²) >= 11 is 0. The maximum absolute atomic E-state index is 12.3. The summed E-state index contributed by atoms with van der Waals surface area (Å²) in [6, 6.07) is 7.01. The molecule has 1 aromatic rings. The third kappa shape index (κ3) is 3.74. The molecule has 0 bridgehead atoms. The summed E-state index contributed by atoms with van der Waals surface area (Å²) in [6.45, 7) is 4.18. The second kappa shape index (κ2) is 6.61. The number of hydrogen-bond acceptors (Lipinski definition) is 3. The monoisotopic (exact) mass is 290 g/mol. The Morgan fingerprint density at radius 1 is 1.19 bits per heavy atom. The highest BCUT2D eigenvalue weighted by molar-refractivity contribution is 5.92. The molecule has 5 nitrogen and oxygen atoms in total. The Bertz CT molecular complexity index is 503. The van der Waals surface area contributed by atoms with Crippen LogP contribution < -0.4 is 10.5 Å². The van der Waals surface area contributed by atoms with Crippen molar-refractivity contribution in [2.45, 2.75) is 45.2 Å². The zero-order valence-corrected chi connectivity index (χ0v) is 12.5. The molecule has 2 amide bonds. The Morgan fingerprint density at radius 3 is 2.29 bits per heavy atom.